The number of carbonyl (C=O) groups is 1. The number of aryl methyl sites for hydroxylation is 1. The van der Waals surface area contributed by atoms with Gasteiger partial charge in [-0.3, -0.25) is 0 Å². The van der Waals surface area contributed by atoms with E-state index in [0.717, 1.165) is 54.2 Å². The number of anilines is 2. The third-order valence-electron chi connectivity index (χ3n) is 4.91. The molecule has 1 unspecified atom stereocenters. The van der Waals surface area contributed by atoms with Gasteiger partial charge < -0.3 is 15.5 Å². The lowest BCUT2D eigenvalue weighted by Gasteiger charge is -2.32. The minimum Gasteiger partial charge on any atom is -0.340 e. The molecule has 4 rings (SSSR count). The Kier molecular flexibility index (Phi) is 5.27. The van der Waals surface area contributed by atoms with Crippen LogP contribution in [0.3, 0.4) is 0 Å². The van der Waals surface area contributed by atoms with Crippen LogP contribution in [0, 0.1) is 12.8 Å². The fourth-order valence-electron chi connectivity index (χ4n) is 3.54. The Morgan fingerprint density at radius 2 is 2.07 bits per heavy atom. The maximum absolute atomic E-state index is 12.4. The maximum Gasteiger partial charge on any atom is 0.319 e. The highest BCUT2D eigenvalue weighted by Gasteiger charge is 2.22. The van der Waals surface area contributed by atoms with Crippen molar-refractivity contribution in [2.24, 2.45) is 5.92 Å². The average Bonchev–Trinajstić information content (AvgIpc) is 2.73. The summed E-state index contributed by atoms with van der Waals surface area (Å²) < 4.78 is 0. The van der Waals surface area contributed by atoms with E-state index in [9.17, 15) is 4.79 Å². The number of fused-ring (bicyclic) bond motifs is 1. The summed E-state index contributed by atoms with van der Waals surface area (Å²) in [5.74, 6) is 1.12. The summed E-state index contributed by atoms with van der Waals surface area (Å²) in [6.45, 7) is 4.28. The monoisotopic (exact) mass is 377 g/mol. The number of benzene rings is 1. The first-order chi connectivity index (χ1) is 13.7. The van der Waals surface area contributed by atoms with Crippen LogP contribution >= 0.6 is 0 Å². The van der Waals surface area contributed by atoms with Crippen molar-refractivity contribution in [3.8, 4) is 0 Å². The second-order valence-corrected chi connectivity index (χ2v) is 7.06. The molecule has 0 spiro atoms. The normalized spacial score (nSPS) is 16.8. The molecule has 1 saturated heterocycles. The number of rotatable bonds is 4. The third kappa shape index (κ3) is 4.16. The topological polar surface area (TPSA) is 95.9 Å². The van der Waals surface area contributed by atoms with E-state index >= 15 is 0 Å². The molecule has 1 fully saturated rings. The van der Waals surface area contributed by atoms with Crippen molar-refractivity contribution in [2.75, 3.05) is 29.9 Å². The van der Waals surface area contributed by atoms with Crippen molar-refractivity contribution in [1.82, 2.24) is 25.5 Å². The Bertz CT molecular complexity index is 963. The van der Waals surface area contributed by atoms with Crippen molar-refractivity contribution in [3.05, 3.63) is 48.4 Å². The van der Waals surface area contributed by atoms with E-state index in [1.165, 1.54) is 0 Å². The summed E-state index contributed by atoms with van der Waals surface area (Å²) in [5.41, 5.74) is 2.30. The van der Waals surface area contributed by atoms with Gasteiger partial charge in [-0.05, 0) is 49.9 Å². The number of urea groups is 1. The van der Waals surface area contributed by atoms with Crippen LogP contribution in [0.15, 0.2) is 42.7 Å². The van der Waals surface area contributed by atoms with E-state index in [1.54, 1.807) is 12.4 Å². The predicted octanol–water partition coefficient (Wildman–Crippen LogP) is 2.77. The van der Waals surface area contributed by atoms with Gasteiger partial charge >= 0.3 is 6.03 Å². The third-order valence-corrected chi connectivity index (χ3v) is 4.91. The standard InChI is InChI=1S/C20H23N7O/c1-14-11-16-17(6-2-7-18(16)26-25-14)24-20(28)23-12-15-5-3-10-27(13-15)19-21-8-4-9-22-19/h2,4,6-9,11,15H,3,5,10,12-13H2,1H3,(H2,23,24,28). The van der Waals surface area contributed by atoms with Gasteiger partial charge in [0.05, 0.1) is 16.9 Å². The molecule has 0 bridgehead atoms. The first kappa shape index (κ1) is 18.1. The number of hydrogen-bond donors (Lipinski definition) is 2. The fraction of sp³-hybridized carbons (Fsp3) is 0.350. The Morgan fingerprint density at radius 1 is 1.21 bits per heavy atom. The lowest BCUT2D eigenvalue weighted by Crippen LogP contribution is -2.42. The highest BCUT2D eigenvalue weighted by molar-refractivity contribution is 6.00. The molecule has 1 aromatic carbocycles. The van der Waals surface area contributed by atoms with Gasteiger partial charge in [0.1, 0.15) is 0 Å². The zero-order valence-electron chi connectivity index (χ0n) is 15.8. The maximum atomic E-state index is 12.4. The van der Waals surface area contributed by atoms with E-state index in [1.807, 2.05) is 37.3 Å². The molecule has 1 atom stereocenters. The Balaban J connectivity index is 1.35. The highest BCUT2D eigenvalue weighted by Crippen LogP contribution is 2.22. The van der Waals surface area contributed by atoms with Gasteiger partial charge in [0.2, 0.25) is 5.95 Å². The molecule has 0 radical (unpaired) electrons. The van der Waals surface area contributed by atoms with Crippen LogP contribution in [0.5, 0.6) is 0 Å². The lowest BCUT2D eigenvalue weighted by atomic mass is 9.98. The van der Waals surface area contributed by atoms with Gasteiger partial charge in [0.25, 0.3) is 0 Å². The van der Waals surface area contributed by atoms with Crippen LogP contribution in [0.4, 0.5) is 16.4 Å². The van der Waals surface area contributed by atoms with Gasteiger partial charge in [-0.15, -0.1) is 0 Å². The van der Waals surface area contributed by atoms with Crippen LogP contribution in [0.25, 0.3) is 10.9 Å². The summed E-state index contributed by atoms with van der Waals surface area (Å²) in [4.78, 5) is 23.3. The molecule has 2 N–H and O–H groups in total. The molecule has 1 aliphatic heterocycles. The Morgan fingerprint density at radius 3 is 2.93 bits per heavy atom. The summed E-state index contributed by atoms with van der Waals surface area (Å²) >= 11 is 0. The van der Waals surface area contributed by atoms with Crippen molar-refractivity contribution in [3.63, 3.8) is 0 Å². The second-order valence-electron chi connectivity index (χ2n) is 7.06. The molecule has 8 heteroatoms. The largest absolute Gasteiger partial charge is 0.340 e. The number of piperidine rings is 1. The summed E-state index contributed by atoms with van der Waals surface area (Å²) in [5, 5.41) is 15.1. The van der Waals surface area contributed by atoms with Gasteiger partial charge in [0, 0.05) is 37.4 Å². The van der Waals surface area contributed by atoms with Crippen molar-refractivity contribution in [1.29, 1.82) is 0 Å². The van der Waals surface area contributed by atoms with Crippen molar-refractivity contribution < 1.29 is 4.79 Å². The number of aromatic nitrogens is 4. The number of nitrogens with one attached hydrogen (secondary N) is 2. The molecule has 2 aromatic heterocycles. The van der Waals surface area contributed by atoms with Gasteiger partial charge in [-0.25, -0.2) is 14.8 Å². The molecular weight excluding hydrogens is 354 g/mol. The number of amides is 2. The highest BCUT2D eigenvalue weighted by atomic mass is 16.2. The minimum atomic E-state index is -0.213. The minimum absolute atomic E-state index is 0.213. The number of hydrogen-bond acceptors (Lipinski definition) is 6. The molecule has 2 amide bonds. The number of carbonyl (C=O) groups excluding carboxylic acids is 1. The van der Waals surface area contributed by atoms with Gasteiger partial charge in [-0.1, -0.05) is 6.07 Å². The quantitative estimate of drug-likeness (QED) is 0.726. The van der Waals surface area contributed by atoms with E-state index in [0.29, 0.717) is 12.5 Å². The summed E-state index contributed by atoms with van der Waals surface area (Å²) in [6, 6.07) is 9.15. The molecule has 0 aliphatic carbocycles. The average molecular weight is 377 g/mol. The molecule has 0 saturated carbocycles. The first-order valence-electron chi connectivity index (χ1n) is 9.49. The van der Waals surface area contributed by atoms with Gasteiger partial charge in [-0.2, -0.15) is 10.2 Å². The summed E-state index contributed by atoms with van der Waals surface area (Å²) in [6.07, 6.45) is 5.65. The molecule has 28 heavy (non-hydrogen) atoms. The molecule has 8 nitrogen and oxygen atoms in total. The van der Waals surface area contributed by atoms with Crippen LogP contribution in [-0.4, -0.2) is 45.8 Å². The SMILES string of the molecule is Cc1cc2c(NC(=O)NCC3CCCN(c4ncccn4)C3)cccc2nn1. The fourth-order valence-corrected chi connectivity index (χ4v) is 3.54. The van der Waals surface area contributed by atoms with Crippen LogP contribution in [0.1, 0.15) is 18.5 Å². The molecular formula is C20H23N7O. The van der Waals surface area contributed by atoms with E-state index in [2.05, 4.69) is 35.7 Å². The zero-order chi connectivity index (χ0) is 19.3. The van der Waals surface area contributed by atoms with Gasteiger partial charge in [0.15, 0.2) is 0 Å². The van der Waals surface area contributed by atoms with Crippen LogP contribution in [0.2, 0.25) is 0 Å². The predicted molar refractivity (Wildman–Crippen MR) is 108 cm³/mol. The molecule has 3 heterocycles. The first-order valence-corrected chi connectivity index (χ1v) is 9.49. The van der Waals surface area contributed by atoms with Crippen molar-refractivity contribution >= 4 is 28.6 Å². The Labute approximate surface area is 163 Å². The smallest absolute Gasteiger partial charge is 0.319 e. The summed E-state index contributed by atoms with van der Waals surface area (Å²) in [7, 11) is 0. The van der Waals surface area contributed by atoms with E-state index < -0.39 is 0 Å². The second kappa shape index (κ2) is 8.16. The van der Waals surface area contributed by atoms with Crippen LogP contribution in [-0.2, 0) is 0 Å². The van der Waals surface area contributed by atoms with E-state index in [-0.39, 0.29) is 6.03 Å². The molecule has 144 valence electrons. The van der Waals surface area contributed by atoms with Crippen molar-refractivity contribution in [2.45, 2.75) is 19.8 Å². The Hall–Kier alpha value is -3.29. The number of nitrogens with zero attached hydrogens (tertiary/aromatic N) is 5. The van der Waals surface area contributed by atoms with Crippen LogP contribution < -0.4 is 15.5 Å². The zero-order valence-corrected chi connectivity index (χ0v) is 15.8. The lowest BCUT2D eigenvalue weighted by molar-refractivity contribution is 0.249. The van der Waals surface area contributed by atoms with E-state index in [4.69, 9.17) is 0 Å². The molecule has 1 aliphatic rings. The molecule has 3 aromatic rings.